The van der Waals surface area contributed by atoms with E-state index in [1.165, 1.54) is 27.5 Å². The highest BCUT2D eigenvalue weighted by Crippen LogP contribution is 2.48. The lowest BCUT2D eigenvalue weighted by molar-refractivity contribution is 0.668. The Morgan fingerprint density at radius 1 is 0.309 bits per heavy atom. The number of anilines is 3. The molecule has 2 heterocycles. The molecule has 0 atom stereocenters. The average molecular weight is 704 g/mol. The first-order valence-electron chi connectivity index (χ1n) is 18.7. The van der Waals surface area contributed by atoms with Crippen LogP contribution >= 0.6 is 0 Å². The Labute approximate surface area is 317 Å². The molecule has 0 saturated heterocycles. The van der Waals surface area contributed by atoms with Gasteiger partial charge in [-0.15, -0.1) is 0 Å². The summed E-state index contributed by atoms with van der Waals surface area (Å²) in [4.78, 5) is 2.38. The smallest absolute Gasteiger partial charge is 0.137 e. The number of benzene rings is 9. The van der Waals surface area contributed by atoms with Crippen LogP contribution in [0.3, 0.4) is 0 Å². The Kier molecular flexibility index (Phi) is 7.17. The van der Waals surface area contributed by atoms with Crippen LogP contribution in [-0.2, 0) is 0 Å². The number of rotatable bonds is 6. The predicted octanol–water partition coefficient (Wildman–Crippen LogP) is 15.1. The Morgan fingerprint density at radius 3 is 1.55 bits per heavy atom. The van der Waals surface area contributed by atoms with Crippen molar-refractivity contribution in [1.29, 1.82) is 0 Å². The minimum absolute atomic E-state index is 0.854. The van der Waals surface area contributed by atoms with Crippen molar-refractivity contribution in [3.05, 3.63) is 200 Å². The van der Waals surface area contributed by atoms with E-state index in [4.69, 9.17) is 8.83 Å². The summed E-state index contributed by atoms with van der Waals surface area (Å²) in [6.07, 6.45) is 0. The van der Waals surface area contributed by atoms with Crippen molar-refractivity contribution in [2.45, 2.75) is 0 Å². The predicted molar refractivity (Wildman–Crippen MR) is 229 cm³/mol. The van der Waals surface area contributed by atoms with E-state index in [9.17, 15) is 0 Å². The largest absolute Gasteiger partial charge is 0.456 e. The Balaban J connectivity index is 1.06. The van der Waals surface area contributed by atoms with Gasteiger partial charge in [0.1, 0.15) is 22.3 Å². The third kappa shape index (κ3) is 5.20. The van der Waals surface area contributed by atoms with E-state index in [1.807, 2.05) is 24.3 Å². The number of fused-ring (bicyclic) bond motifs is 7. The van der Waals surface area contributed by atoms with Gasteiger partial charge in [0, 0.05) is 27.4 Å². The van der Waals surface area contributed by atoms with Gasteiger partial charge in [-0.05, 0) is 93.2 Å². The number of hydrogen-bond donors (Lipinski definition) is 0. The summed E-state index contributed by atoms with van der Waals surface area (Å²) in [5.74, 6) is 0. The van der Waals surface area contributed by atoms with Crippen molar-refractivity contribution in [2.75, 3.05) is 4.90 Å². The molecule has 0 aliphatic heterocycles. The second-order valence-corrected chi connectivity index (χ2v) is 14.1. The zero-order valence-electron chi connectivity index (χ0n) is 29.8. The van der Waals surface area contributed by atoms with Crippen molar-refractivity contribution in [3.63, 3.8) is 0 Å². The second kappa shape index (κ2) is 12.6. The monoisotopic (exact) mass is 703 g/mol. The van der Waals surface area contributed by atoms with E-state index in [0.717, 1.165) is 77.6 Å². The van der Waals surface area contributed by atoms with Crippen molar-refractivity contribution in [1.82, 2.24) is 0 Å². The van der Waals surface area contributed by atoms with Gasteiger partial charge in [-0.3, -0.25) is 0 Å². The molecule has 11 rings (SSSR count). The van der Waals surface area contributed by atoms with Gasteiger partial charge in [-0.1, -0.05) is 146 Å². The maximum atomic E-state index is 6.43. The Bertz CT molecular complexity index is 3200. The molecule has 0 spiro atoms. The van der Waals surface area contributed by atoms with Gasteiger partial charge in [0.25, 0.3) is 0 Å². The fraction of sp³-hybridized carbons (Fsp3) is 0. The van der Waals surface area contributed by atoms with Gasteiger partial charge < -0.3 is 13.7 Å². The summed E-state index contributed by atoms with van der Waals surface area (Å²) in [5, 5.41) is 6.88. The van der Waals surface area contributed by atoms with Gasteiger partial charge in [-0.25, -0.2) is 0 Å². The molecule has 258 valence electrons. The molecular weight excluding hydrogens is 671 g/mol. The zero-order chi connectivity index (χ0) is 36.3. The number of nitrogens with zero attached hydrogens (tertiary/aromatic N) is 1. The molecular formula is C52H33NO2. The van der Waals surface area contributed by atoms with Gasteiger partial charge in [-0.2, -0.15) is 0 Å². The molecule has 0 radical (unpaired) electrons. The minimum Gasteiger partial charge on any atom is -0.456 e. The quantitative estimate of drug-likeness (QED) is 0.173. The highest BCUT2D eigenvalue weighted by molar-refractivity contribution is 6.16. The average Bonchev–Trinajstić information content (AvgIpc) is 3.83. The first-order valence-corrected chi connectivity index (χ1v) is 18.7. The summed E-state index contributed by atoms with van der Waals surface area (Å²) >= 11 is 0. The van der Waals surface area contributed by atoms with Crippen molar-refractivity contribution in [2.24, 2.45) is 0 Å². The first-order chi connectivity index (χ1) is 27.3. The maximum Gasteiger partial charge on any atom is 0.137 e. The molecule has 11 aromatic rings. The molecule has 0 bridgehead atoms. The van der Waals surface area contributed by atoms with Gasteiger partial charge in [0.2, 0.25) is 0 Å². The SMILES string of the molecule is c1ccc(N(c2ccc(-c3ccc(-c4ccc5ccccc5c4)cc3)cc2)c2cccc3oc4ccccc4c23)c(-c2cccc3oc4ccccc4c23)c1. The van der Waals surface area contributed by atoms with E-state index in [1.54, 1.807) is 0 Å². The molecule has 0 aliphatic rings. The van der Waals surface area contributed by atoms with Crippen molar-refractivity contribution in [3.8, 4) is 33.4 Å². The minimum atomic E-state index is 0.854. The molecule has 9 aromatic carbocycles. The summed E-state index contributed by atoms with van der Waals surface area (Å²) in [6, 6.07) is 71.0. The summed E-state index contributed by atoms with van der Waals surface area (Å²) in [6.45, 7) is 0. The van der Waals surface area contributed by atoms with E-state index in [0.29, 0.717) is 0 Å². The van der Waals surface area contributed by atoms with Crippen LogP contribution in [0.1, 0.15) is 0 Å². The lowest BCUT2D eigenvalue weighted by atomic mass is 9.96. The van der Waals surface area contributed by atoms with Crippen LogP contribution < -0.4 is 4.90 Å². The van der Waals surface area contributed by atoms with Crippen LogP contribution in [0.5, 0.6) is 0 Å². The van der Waals surface area contributed by atoms with Crippen LogP contribution in [0.25, 0.3) is 88.0 Å². The third-order valence-corrected chi connectivity index (χ3v) is 10.9. The lowest BCUT2D eigenvalue weighted by Gasteiger charge is -2.29. The normalized spacial score (nSPS) is 11.6. The standard InChI is InChI=1S/C52H33NO2/c1-2-12-38-33-39(28-27-34(38)11-1)37-25-23-35(24-26-37)36-29-31-40(32-30-36)53(46-18-10-22-50-52(46)44-15-5-8-20-48(44)55-50)45-17-6-3-13-41(45)42-16-9-21-49-51(42)43-14-4-7-19-47(43)54-49/h1-33H. The van der Waals surface area contributed by atoms with Crippen LogP contribution in [0.4, 0.5) is 17.1 Å². The molecule has 0 amide bonds. The Morgan fingerprint density at radius 2 is 0.800 bits per heavy atom. The summed E-state index contributed by atoms with van der Waals surface area (Å²) in [7, 11) is 0. The summed E-state index contributed by atoms with van der Waals surface area (Å²) < 4.78 is 12.8. The summed E-state index contributed by atoms with van der Waals surface area (Å²) in [5.41, 5.74) is 13.6. The van der Waals surface area contributed by atoms with Gasteiger partial charge in [0.05, 0.1) is 16.8 Å². The fourth-order valence-corrected chi connectivity index (χ4v) is 8.27. The number of hydrogen-bond acceptors (Lipinski definition) is 3. The number of furan rings is 2. The molecule has 0 fully saturated rings. The van der Waals surface area contributed by atoms with Gasteiger partial charge in [0.15, 0.2) is 0 Å². The Hall–Kier alpha value is -7.36. The molecule has 55 heavy (non-hydrogen) atoms. The van der Waals surface area contributed by atoms with Crippen LogP contribution in [0.2, 0.25) is 0 Å². The number of para-hydroxylation sites is 3. The molecule has 0 aliphatic carbocycles. The van der Waals surface area contributed by atoms with E-state index < -0.39 is 0 Å². The fourth-order valence-electron chi connectivity index (χ4n) is 8.27. The van der Waals surface area contributed by atoms with Crippen LogP contribution in [0, 0.1) is 0 Å². The van der Waals surface area contributed by atoms with Crippen molar-refractivity contribution < 1.29 is 8.83 Å². The molecule has 0 unspecified atom stereocenters. The highest BCUT2D eigenvalue weighted by Gasteiger charge is 2.23. The zero-order valence-corrected chi connectivity index (χ0v) is 29.8. The van der Waals surface area contributed by atoms with E-state index in [-0.39, 0.29) is 0 Å². The molecule has 2 aromatic heterocycles. The van der Waals surface area contributed by atoms with Crippen LogP contribution in [-0.4, -0.2) is 0 Å². The highest BCUT2D eigenvalue weighted by atomic mass is 16.3. The molecule has 0 saturated carbocycles. The van der Waals surface area contributed by atoms with E-state index >= 15 is 0 Å². The second-order valence-electron chi connectivity index (χ2n) is 14.1. The van der Waals surface area contributed by atoms with Gasteiger partial charge >= 0.3 is 0 Å². The van der Waals surface area contributed by atoms with E-state index in [2.05, 4.69) is 181 Å². The van der Waals surface area contributed by atoms with Crippen LogP contribution in [0.15, 0.2) is 209 Å². The molecule has 3 heteroatoms. The molecule has 3 nitrogen and oxygen atoms in total. The first kappa shape index (κ1) is 31.2. The lowest BCUT2D eigenvalue weighted by Crippen LogP contribution is -2.11. The topological polar surface area (TPSA) is 29.5 Å². The van der Waals surface area contributed by atoms with Crippen molar-refractivity contribution >= 4 is 71.7 Å². The molecule has 0 N–H and O–H groups in total. The maximum absolute atomic E-state index is 6.43. The third-order valence-electron chi connectivity index (χ3n) is 10.9.